The molecule has 0 aliphatic rings. The zero-order chi connectivity index (χ0) is 12.0. The molecule has 88 valence electrons. The maximum absolute atomic E-state index is 11.4. The molecule has 3 nitrogen and oxygen atoms in total. The summed E-state index contributed by atoms with van der Waals surface area (Å²) in [5.41, 5.74) is 0.667. The van der Waals surface area contributed by atoms with Crippen LogP contribution in [0.15, 0.2) is 18.2 Å². The van der Waals surface area contributed by atoms with Gasteiger partial charge in [0.15, 0.2) is 0 Å². The average Bonchev–Trinajstić information content (AvgIpc) is 2.29. The van der Waals surface area contributed by atoms with E-state index in [1.54, 1.807) is 18.2 Å². The van der Waals surface area contributed by atoms with Gasteiger partial charge in [0.2, 0.25) is 5.91 Å². The van der Waals surface area contributed by atoms with Crippen molar-refractivity contribution >= 4 is 34.8 Å². The van der Waals surface area contributed by atoms with Crippen molar-refractivity contribution in [1.82, 2.24) is 0 Å². The summed E-state index contributed by atoms with van der Waals surface area (Å²) >= 11 is 11.4. The van der Waals surface area contributed by atoms with E-state index in [1.165, 1.54) is 7.11 Å². The SMILES string of the molecule is COc1cc(NC(=O)CCCCl)ccc1Cl. The molecule has 0 saturated heterocycles. The fraction of sp³-hybridized carbons (Fsp3) is 0.364. The summed E-state index contributed by atoms with van der Waals surface area (Å²) in [6, 6.07) is 5.09. The van der Waals surface area contributed by atoms with Crippen molar-refractivity contribution < 1.29 is 9.53 Å². The summed E-state index contributed by atoms with van der Waals surface area (Å²) in [7, 11) is 1.53. The van der Waals surface area contributed by atoms with E-state index in [0.29, 0.717) is 35.2 Å². The number of benzene rings is 1. The van der Waals surface area contributed by atoms with Gasteiger partial charge in [0.25, 0.3) is 0 Å². The lowest BCUT2D eigenvalue weighted by Crippen LogP contribution is -2.11. The van der Waals surface area contributed by atoms with Gasteiger partial charge in [-0.05, 0) is 18.6 Å². The van der Waals surface area contributed by atoms with E-state index in [2.05, 4.69) is 5.32 Å². The van der Waals surface area contributed by atoms with Crippen LogP contribution in [0, 0.1) is 0 Å². The Morgan fingerprint density at radius 2 is 2.25 bits per heavy atom. The van der Waals surface area contributed by atoms with Gasteiger partial charge < -0.3 is 10.1 Å². The van der Waals surface area contributed by atoms with Crippen LogP contribution in [0.3, 0.4) is 0 Å². The number of alkyl halides is 1. The molecule has 1 aromatic carbocycles. The number of ether oxygens (including phenoxy) is 1. The van der Waals surface area contributed by atoms with Gasteiger partial charge in [0, 0.05) is 24.1 Å². The Labute approximate surface area is 105 Å². The molecule has 0 heterocycles. The first-order valence-electron chi connectivity index (χ1n) is 4.86. The van der Waals surface area contributed by atoms with Crippen LogP contribution in [-0.4, -0.2) is 18.9 Å². The topological polar surface area (TPSA) is 38.3 Å². The molecular formula is C11H13Cl2NO2. The number of rotatable bonds is 5. The molecule has 0 spiro atoms. The first kappa shape index (κ1) is 13.1. The van der Waals surface area contributed by atoms with Crippen LogP contribution < -0.4 is 10.1 Å². The number of hydrogen-bond donors (Lipinski definition) is 1. The molecule has 0 atom stereocenters. The molecule has 0 radical (unpaired) electrons. The molecule has 1 rings (SSSR count). The van der Waals surface area contributed by atoms with Gasteiger partial charge in [-0.1, -0.05) is 11.6 Å². The van der Waals surface area contributed by atoms with Crippen molar-refractivity contribution in [2.75, 3.05) is 18.3 Å². The third-order valence-corrected chi connectivity index (χ3v) is 2.55. The number of anilines is 1. The van der Waals surface area contributed by atoms with Gasteiger partial charge in [-0.25, -0.2) is 0 Å². The molecule has 0 unspecified atom stereocenters. The molecule has 0 fully saturated rings. The first-order chi connectivity index (χ1) is 7.67. The molecule has 16 heavy (non-hydrogen) atoms. The van der Waals surface area contributed by atoms with Crippen molar-refractivity contribution in [2.45, 2.75) is 12.8 Å². The molecule has 1 aromatic rings. The number of hydrogen-bond acceptors (Lipinski definition) is 2. The third kappa shape index (κ3) is 3.91. The Morgan fingerprint density at radius 3 is 2.88 bits per heavy atom. The van der Waals surface area contributed by atoms with Crippen molar-refractivity contribution in [1.29, 1.82) is 0 Å². The van der Waals surface area contributed by atoms with Crippen LogP contribution >= 0.6 is 23.2 Å². The second-order valence-electron chi connectivity index (χ2n) is 3.19. The average molecular weight is 262 g/mol. The Balaban J connectivity index is 2.63. The first-order valence-corrected chi connectivity index (χ1v) is 5.78. The zero-order valence-corrected chi connectivity index (χ0v) is 10.4. The van der Waals surface area contributed by atoms with E-state index in [4.69, 9.17) is 27.9 Å². The number of amides is 1. The van der Waals surface area contributed by atoms with Crippen LogP contribution in [0.2, 0.25) is 5.02 Å². The summed E-state index contributed by atoms with van der Waals surface area (Å²) in [6.45, 7) is 0. The predicted molar refractivity (Wildman–Crippen MR) is 66.6 cm³/mol. The number of halogens is 2. The molecule has 0 saturated carbocycles. The summed E-state index contributed by atoms with van der Waals surface area (Å²) in [5, 5.41) is 3.26. The molecular weight excluding hydrogens is 249 g/mol. The highest BCUT2D eigenvalue weighted by Gasteiger charge is 2.05. The fourth-order valence-corrected chi connectivity index (χ4v) is 1.52. The second kappa shape index (κ2) is 6.61. The lowest BCUT2D eigenvalue weighted by Gasteiger charge is -2.07. The van der Waals surface area contributed by atoms with Gasteiger partial charge in [-0.3, -0.25) is 4.79 Å². The summed E-state index contributed by atoms with van der Waals surface area (Å²) in [4.78, 5) is 11.4. The predicted octanol–water partition coefficient (Wildman–Crippen LogP) is 3.31. The van der Waals surface area contributed by atoms with E-state index in [1.807, 2.05) is 0 Å². The number of carbonyl (C=O) groups is 1. The second-order valence-corrected chi connectivity index (χ2v) is 3.98. The van der Waals surface area contributed by atoms with E-state index >= 15 is 0 Å². The van der Waals surface area contributed by atoms with E-state index in [-0.39, 0.29) is 5.91 Å². The quantitative estimate of drug-likeness (QED) is 0.827. The van der Waals surface area contributed by atoms with Crippen molar-refractivity contribution in [3.8, 4) is 5.75 Å². The fourth-order valence-electron chi connectivity index (χ4n) is 1.19. The van der Waals surface area contributed by atoms with Crippen LogP contribution in [0.1, 0.15) is 12.8 Å². The standard InChI is InChI=1S/C11H13Cl2NO2/c1-16-10-7-8(4-5-9(10)13)14-11(15)3-2-6-12/h4-5,7H,2-3,6H2,1H3,(H,14,15). The lowest BCUT2D eigenvalue weighted by atomic mass is 10.2. The van der Waals surface area contributed by atoms with Crippen LogP contribution in [0.25, 0.3) is 0 Å². The number of carbonyl (C=O) groups excluding carboxylic acids is 1. The number of methoxy groups -OCH3 is 1. The van der Waals surface area contributed by atoms with Crippen molar-refractivity contribution in [3.05, 3.63) is 23.2 Å². The van der Waals surface area contributed by atoms with Gasteiger partial charge in [-0.2, -0.15) is 0 Å². The smallest absolute Gasteiger partial charge is 0.224 e. The largest absolute Gasteiger partial charge is 0.495 e. The molecule has 0 aliphatic carbocycles. The van der Waals surface area contributed by atoms with Gasteiger partial charge >= 0.3 is 0 Å². The summed E-state index contributed by atoms with van der Waals surface area (Å²) in [5.74, 6) is 0.957. The summed E-state index contributed by atoms with van der Waals surface area (Å²) in [6.07, 6.45) is 1.08. The molecule has 1 amide bonds. The Morgan fingerprint density at radius 1 is 1.50 bits per heavy atom. The Kier molecular flexibility index (Phi) is 5.43. The van der Waals surface area contributed by atoms with Crippen LogP contribution in [0.4, 0.5) is 5.69 Å². The van der Waals surface area contributed by atoms with Gasteiger partial charge in [0.1, 0.15) is 5.75 Å². The highest BCUT2D eigenvalue weighted by Crippen LogP contribution is 2.27. The molecule has 0 bridgehead atoms. The number of nitrogens with one attached hydrogen (secondary N) is 1. The van der Waals surface area contributed by atoms with E-state index in [9.17, 15) is 4.79 Å². The maximum atomic E-state index is 11.4. The monoisotopic (exact) mass is 261 g/mol. The molecule has 0 aromatic heterocycles. The van der Waals surface area contributed by atoms with E-state index < -0.39 is 0 Å². The Bertz CT molecular complexity index is 369. The minimum atomic E-state index is -0.0648. The molecule has 1 N–H and O–H groups in total. The van der Waals surface area contributed by atoms with Crippen LogP contribution in [-0.2, 0) is 4.79 Å². The zero-order valence-electron chi connectivity index (χ0n) is 8.93. The summed E-state index contributed by atoms with van der Waals surface area (Å²) < 4.78 is 5.04. The normalized spacial score (nSPS) is 9.94. The van der Waals surface area contributed by atoms with E-state index in [0.717, 1.165) is 0 Å². The Hall–Kier alpha value is -0.930. The highest BCUT2D eigenvalue weighted by molar-refractivity contribution is 6.32. The lowest BCUT2D eigenvalue weighted by molar-refractivity contribution is -0.116. The third-order valence-electron chi connectivity index (χ3n) is 1.97. The molecule has 0 aliphatic heterocycles. The maximum Gasteiger partial charge on any atom is 0.224 e. The van der Waals surface area contributed by atoms with Crippen LogP contribution in [0.5, 0.6) is 5.75 Å². The van der Waals surface area contributed by atoms with Gasteiger partial charge in [-0.15, -0.1) is 11.6 Å². The molecule has 5 heteroatoms. The highest BCUT2D eigenvalue weighted by atomic mass is 35.5. The van der Waals surface area contributed by atoms with Crippen molar-refractivity contribution in [3.63, 3.8) is 0 Å². The minimum absolute atomic E-state index is 0.0648. The van der Waals surface area contributed by atoms with Gasteiger partial charge in [0.05, 0.1) is 12.1 Å². The minimum Gasteiger partial charge on any atom is -0.495 e. The van der Waals surface area contributed by atoms with Crippen molar-refractivity contribution in [2.24, 2.45) is 0 Å².